The van der Waals surface area contributed by atoms with Crippen LogP contribution < -0.4 is 10.6 Å². The maximum atomic E-state index is 12.1. The molecule has 22 heavy (non-hydrogen) atoms. The van der Waals surface area contributed by atoms with Gasteiger partial charge in [0.25, 0.3) is 5.91 Å². The number of hydrogen-bond acceptors (Lipinski definition) is 2. The van der Waals surface area contributed by atoms with Gasteiger partial charge >= 0.3 is 0 Å². The molecule has 0 radical (unpaired) electrons. The number of rotatable bonds is 7. The van der Waals surface area contributed by atoms with Crippen molar-refractivity contribution in [1.29, 1.82) is 0 Å². The van der Waals surface area contributed by atoms with Crippen molar-refractivity contribution in [2.75, 3.05) is 6.54 Å². The molecular weight excluding hydrogens is 276 g/mol. The number of quaternary nitrogens is 1. The molecule has 3 N–H and O–H groups in total. The molecule has 0 spiro atoms. The van der Waals surface area contributed by atoms with Gasteiger partial charge in [-0.1, -0.05) is 30.3 Å². The number of nitrogens with one attached hydrogen (secondary N) is 1. The largest absolute Gasteiger partial charge is 0.463 e. The highest BCUT2D eigenvalue weighted by Crippen LogP contribution is 2.32. The number of amides is 1. The second-order valence-electron chi connectivity index (χ2n) is 6.04. The van der Waals surface area contributed by atoms with Crippen LogP contribution in [0.3, 0.4) is 0 Å². The minimum atomic E-state index is 0.0122. The van der Waals surface area contributed by atoms with Gasteiger partial charge in [-0.3, -0.25) is 4.79 Å². The van der Waals surface area contributed by atoms with Crippen LogP contribution in [0, 0.1) is 5.92 Å². The van der Waals surface area contributed by atoms with E-state index in [1.54, 1.807) is 6.26 Å². The lowest BCUT2D eigenvalue weighted by molar-refractivity contribution is -0.678. The molecule has 3 rings (SSSR count). The summed E-state index contributed by atoms with van der Waals surface area (Å²) in [6.45, 7) is 2.49. The molecule has 116 valence electrons. The van der Waals surface area contributed by atoms with Gasteiger partial charge in [0, 0.05) is 11.6 Å². The topological polar surface area (TPSA) is 58.9 Å². The van der Waals surface area contributed by atoms with E-state index in [0.29, 0.717) is 18.5 Å². The number of hydrogen-bond donors (Lipinski definition) is 2. The summed E-state index contributed by atoms with van der Waals surface area (Å²) in [5.41, 5.74) is 1.14. The molecule has 4 heteroatoms. The minimum absolute atomic E-state index is 0.0122. The first-order valence-electron chi connectivity index (χ1n) is 7.95. The predicted octanol–water partition coefficient (Wildman–Crippen LogP) is 1.85. The zero-order valence-corrected chi connectivity index (χ0v) is 12.9. The molecule has 1 aliphatic rings. The Hall–Kier alpha value is -2.07. The molecule has 2 atom stereocenters. The van der Waals surface area contributed by atoms with Crippen LogP contribution in [0.2, 0.25) is 0 Å². The fourth-order valence-electron chi connectivity index (χ4n) is 2.80. The van der Waals surface area contributed by atoms with Gasteiger partial charge in [-0.2, -0.15) is 0 Å². The zero-order valence-electron chi connectivity index (χ0n) is 12.9. The monoisotopic (exact) mass is 299 g/mol. The third kappa shape index (κ3) is 3.77. The molecule has 1 aromatic heterocycles. The van der Waals surface area contributed by atoms with Crippen LogP contribution in [0.15, 0.2) is 53.1 Å². The van der Waals surface area contributed by atoms with Crippen molar-refractivity contribution < 1.29 is 14.5 Å². The Morgan fingerprint density at radius 3 is 2.68 bits per heavy atom. The van der Waals surface area contributed by atoms with Gasteiger partial charge in [-0.25, -0.2) is 0 Å². The van der Waals surface area contributed by atoms with E-state index >= 15 is 0 Å². The number of furan rings is 1. The molecule has 1 amide bonds. The Labute approximate surface area is 130 Å². The molecular formula is C18H23N2O2+. The summed E-state index contributed by atoms with van der Waals surface area (Å²) in [7, 11) is 0. The Bertz CT molecular complexity index is 591. The average molecular weight is 299 g/mol. The second kappa shape index (κ2) is 6.79. The van der Waals surface area contributed by atoms with Crippen LogP contribution in [0.4, 0.5) is 0 Å². The minimum Gasteiger partial charge on any atom is -0.463 e. The Balaban J connectivity index is 1.62. The quantitative estimate of drug-likeness (QED) is 0.819. The summed E-state index contributed by atoms with van der Waals surface area (Å²) >= 11 is 0. The van der Waals surface area contributed by atoms with E-state index in [0.717, 1.165) is 11.3 Å². The maximum Gasteiger partial charge on any atom is 0.275 e. The lowest BCUT2D eigenvalue weighted by Crippen LogP contribution is -2.87. The first kappa shape index (κ1) is 14.9. The van der Waals surface area contributed by atoms with Crippen LogP contribution in [-0.4, -0.2) is 18.5 Å². The Kier molecular flexibility index (Phi) is 4.59. The van der Waals surface area contributed by atoms with Gasteiger partial charge < -0.3 is 15.1 Å². The van der Waals surface area contributed by atoms with Crippen LogP contribution >= 0.6 is 0 Å². The summed E-state index contributed by atoms with van der Waals surface area (Å²) in [4.78, 5) is 12.1. The average Bonchev–Trinajstić information content (AvgIpc) is 3.25. The normalized spacial score (nSPS) is 17.0. The van der Waals surface area contributed by atoms with E-state index < -0.39 is 0 Å². The third-order valence-electron chi connectivity index (χ3n) is 4.27. The first-order chi connectivity index (χ1) is 10.7. The highest BCUT2D eigenvalue weighted by Gasteiger charge is 2.29. The van der Waals surface area contributed by atoms with Gasteiger partial charge in [0.1, 0.15) is 0 Å². The summed E-state index contributed by atoms with van der Waals surface area (Å²) in [6.07, 6.45) is 4.16. The van der Waals surface area contributed by atoms with E-state index in [1.807, 2.05) is 35.6 Å². The van der Waals surface area contributed by atoms with Gasteiger partial charge in [-0.15, -0.1) is 0 Å². The Morgan fingerprint density at radius 1 is 1.27 bits per heavy atom. The molecule has 1 saturated carbocycles. The molecule has 0 saturated heterocycles. The van der Waals surface area contributed by atoms with Gasteiger partial charge in [-0.05, 0) is 37.8 Å². The van der Waals surface area contributed by atoms with Crippen molar-refractivity contribution in [2.24, 2.45) is 5.92 Å². The van der Waals surface area contributed by atoms with Crippen LogP contribution in [-0.2, 0) is 4.79 Å². The van der Waals surface area contributed by atoms with Gasteiger partial charge in [0.15, 0.2) is 18.3 Å². The summed E-state index contributed by atoms with van der Waals surface area (Å²) in [5, 5.41) is 5.12. The number of carbonyl (C=O) groups excluding carboxylic acids is 1. The van der Waals surface area contributed by atoms with Gasteiger partial charge in [0.2, 0.25) is 0 Å². The van der Waals surface area contributed by atoms with E-state index in [9.17, 15) is 4.79 Å². The molecule has 2 aromatic rings. The van der Waals surface area contributed by atoms with Crippen molar-refractivity contribution in [3.63, 3.8) is 0 Å². The molecule has 1 fully saturated rings. The van der Waals surface area contributed by atoms with E-state index in [-0.39, 0.29) is 11.9 Å². The van der Waals surface area contributed by atoms with Gasteiger partial charge in [0.05, 0.1) is 6.26 Å². The summed E-state index contributed by atoms with van der Waals surface area (Å²) in [6, 6.07) is 14.3. The summed E-state index contributed by atoms with van der Waals surface area (Å²) < 4.78 is 5.55. The van der Waals surface area contributed by atoms with E-state index in [1.165, 1.54) is 12.8 Å². The molecule has 4 nitrogen and oxygen atoms in total. The van der Waals surface area contributed by atoms with Crippen LogP contribution in [0.25, 0.3) is 0 Å². The number of carbonyl (C=O) groups is 1. The Morgan fingerprint density at radius 2 is 2.05 bits per heavy atom. The molecule has 0 bridgehead atoms. The smallest absolute Gasteiger partial charge is 0.275 e. The van der Waals surface area contributed by atoms with Crippen LogP contribution in [0.1, 0.15) is 37.1 Å². The maximum absolute atomic E-state index is 12.1. The van der Waals surface area contributed by atoms with Crippen molar-refractivity contribution in [3.8, 4) is 0 Å². The second-order valence-corrected chi connectivity index (χ2v) is 6.04. The fraction of sp³-hybridized carbons (Fsp3) is 0.389. The van der Waals surface area contributed by atoms with E-state index in [2.05, 4.69) is 24.4 Å². The molecule has 1 aliphatic carbocycles. The molecule has 0 aliphatic heterocycles. The molecule has 1 aromatic carbocycles. The highest BCUT2D eigenvalue weighted by atomic mass is 16.3. The fourth-order valence-corrected chi connectivity index (χ4v) is 2.80. The third-order valence-corrected chi connectivity index (χ3v) is 4.27. The SMILES string of the molecule is C[C@H](NC(=O)C[NH2+][C@@H](c1ccccc1)c1ccco1)C1CC1. The zero-order chi connectivity index (χ0) is 15.4. The standard InChI is InChI=1S/C18H22N2O2/c1-13(14-9-10-14)20-17(21)12-19-18(16-8-5-11-22-16)15-6-3-2-4-7-15/h2-8,11,13-14,18-19H,9-10,12H2,1H3,(H,20,21)/p+1/t13-,18-/m0/s1. The lowest BCUT2D eigenvalue weighted by atomic mass is 10.0. The summed E-state index contributed by atoms with van der Waals surface area (Å²) in [5.74, 6) is 1.64. The number of nitrogens with two attached hydrogens (primary N) is 1. The predicted molar refractivity (Wildman–Crippen MR) is 84.1 cm³/mol. The van der Waals surface area contributed by atoms with Crippen molar-refractivity contribution in [3.05, 3.63) is 60.1 Å². The highest BCUT2D eigenvalue weighted by molar-refractivity contribution is 5.77. The van der Waals surface area contributed by atoms with Crippen molar-refractivity contribution in [1.82, 2.24) is 5.32 Å². The molecule has 1 heterocycles. The van der Waals surface area contributed by atoms with Crippen molar-refractivity contribution >= 4 is 5.91 Å². The van der Waals surface area contributed by atoms with E-state index in [4.69, 9.17) is 4.42 Å². The molecule has 0 unspecified atom stereocenters. The first-order valence-corrected chi connectivity index (χ1v) is 7.95. The lowest BCUT2D eigenvalue weighted by Gasteiger charge is -2.16. The van der Waals surface area contributed by atoms with Crippen molar-refractivity contribution in [2.45, 2.75) is 31.8 Å². The van der Waals surface area contributed by atoms with Crippen LogP contribution in [0.5, 0.6) is 0 Å². The number of benzene rings is 1.